The fraction of sp³-hybridized carbons (Fsp3) is 0.455. The van der Waals surface area contributed by atoms with Crippen LogP contribution in [0.2, 0.25) is 0 Å². The minimum atomic E-state index is -0.254. The van der Waals surface area contributed by atoms with Crippen LogP contribution >= 0.6 is 22.6 Å². The predicted octanol–water partition coefficient (Wildman–Crippen LogP) is 2.09. The van der Waals surface area contributed by atoms with Crippen LogP contribution in [0.25, 0.3) is 0 Å². The van der Waals surface area contributed by atoms with Gasteiger partial charge in [-0.1, -0.05) is 18.2 Å². The van der Waals surface area contributed by atoms with E-state index in [-0.39, 0.29) is 25.1 Å². The number of ether oxygens (including phenoxy) is 2. The zero-order valence-corrected chi connectivity index (χ0v) is 10.5. The van der Waals surface area contributed by atoms with Crippen LogP contribution in [0.3, 0.4) is 0 Å². The number of aliphatic hydroxyl groups is 1. The highest BCUT2D eigenvalue weighted by Gasteiger charge is 2.35. The molecule has 4 heteroatoms. The van der Waals surface area contributed by atoms with E-state index >= 15 is 0 Å². The number of hydrogen-bond donors (Lipinski definition) is 1. The van der Waals surface area contributed by atoms with E-state index in [0.29, 0.717) is 0 Å². The molecule has 1 heterocycles. The third-order valence-corrected chi connectivity index (χ3v) is 3.42. The molecule has 1 aromatic carbocycles. The highest BCUT2D eigenvalue weighted by molar-refractivity contribution is 14.1. The molecular weight excluding hydrogens is 307 g/mol. The molecular formula is C11H13IO3. The average Bonchev–Trinajstić information content (AvgIpc) is 2.60. The van der Waals surface area contributed by atoms with E-state index in [9.17, 15) is 5.11 Å². The van der Waals surface area contributed by atoms with Crippen LogP contribution in [-0.2, 0) is 9.47 Å². The first-order valence-corrected chi connectivity index (χ1v) is 5.96. The molecule has 0 saturated carbocycles. The summed E-state index contributed by atoms with van der Waals surface area (Å²) >= 11 is 2.27. The quantitative estimate of drug-likeness (QED) is 0.848. The molecule has 15 heavy (non-hydrogen) atoms. The third-order valence-electron chi connectivity index (χ3n) is 2.43. The second-order valence-corrected chi connectivity index (χ2v) is 4.67. The molecule has 3 nitrogen and oxygen atoms in total. The van der Waals surface area contributed by atoms with Crippen molar-refractivity contribution >= 4 is 22.6 Å². The molecule has 1 fully saturated rings. The molecule has 1 N–H and O–H groups in total. The Bertz CT molecular complexity index is 342. The molecule has 0 bridgehead atoms. The topological polar surface area (TPSA) is 38.7 Å². The van der Waals surface area contributed by atoms with Gasteiger partial charge >= 0.3 is 0 Å². The molecule has 0 aromatic heterocycles. The van der Waals surface area contributed by atoms with Gasteiger partial charge in [-0.2, -0.15) is 0 Å². The molecule has 1 aliphatic rings. The highest BCUT2D eigenvalue weighted by Crippen LogP contribution is 2.34. The maximum atomic E-state index is 9.20. The van der Waals surface area contributed by atoms with Crippen molar-refractivity contribution in [3.05, 3.63) is 33.4 Å². The fourth-order valence-corrected chi connectivity index (χ4v) is 2.46. The van der Waals surface area contributed by atoms with Crippen molar-refractivity contribution in [2.75, 3.05) is 6.61 Å². The number of rotatable bonds is 2. The van der Waals surface area contributed by atoms with Crippen LogP contribution in [0, 0.1) is 3.57 Å². The summed E-state index contributed by atoms with van der Waals surface area (Å²) in [5, 5.41) is 9.20. The SMILES string of the molecule is CC1O[C@H](c2ccccc2I)[C@@H](CO)O1. The van der Waals surface area contributed by atoms with Gasteiger partial charge in [0.15, 0.2) is 6.29 Å². The predicted molar refractivity (Wildman–Crippen MR) is 64.4 cm³/mol. The largest absolute Gasteiger partial charge is 0.394 e. The van der Waals surface area contributed by atoms with Crippen LogP contribution in [0.1, 0.15) is 18.6 Å². The molecule has 1 unspecified atom stereocenters. The summed E-state index contributed by atoms with van der Waals surface area (Å²) in [6.45, 7) is 1.83. The summed E-state index contributed by atoms with van der Waals surface area (Å²) in [6, 6.07) is 7.99. The van der Waals surface area contributed by atoms with E-state index in [1.165, 1.54) is 0 Å². The first kappa shape index (κ1) is 11.3. The van der Waals surface area contributed by atoms with E-state index < -0.39 is 0 Å². The van der Waals surface area contributed by atoms with Crippen molar-refractivity contribution in [1.29, 1.82) is 0 Å². The number of halogens is 1. The van der Waals surface area contributed by atoms with E-state index in [1.54, 1.807) is 0 Å². The van der Waals surface area contributed by atoms with Crippen molar-refractivity contribution in [3.8, 4) is 0 Å². The Labute approximate surface area is 103 Å². The summed E-state index contributed by atoms with van der Waals surface area (Å²) in [4.78, 5) is 0. The van der Waals surface area contributed by atoms with E-state index in [0.717, 1.165) is 9.13 Å². The Hall–Kier alpha value is -0.170. The van der Waals surface area contributed by atoms with Crippen molar-refractivity contribution in [2.45, 2.75) is 25.4 Å². The molecule has 3 atom stereocenters. The minimum absolute atomic E-state index is 0.0139. The van der Waals surface area contributed by atoms with Gasteiger partial charge in [-0.25, -0.2) is 0 Å². The second kappa shape index (κ2) is 4.78. The molecule has 0 spiro atoms. The van der Waals surface area contributed by atoms with Crippen molar-refractivity contribution < 1.29 is 14.6 Å². The maximum absolute atomic E-state index is 9.20. The lowest BCUT2D eigenvalue weighted by Gasteiger charge is -2.16. The lowest BCUT2D eigenvalue weighted by Crippen LogP contribution is -2.20. The minimum Gasteiger partial charge on any atom is -0.394 e. The van der Waals surface area contributed by atoms with Gasteiger partial charge in [-0.15, -0.1) is 0 Å². The third kappa shape index (κ3) is 2.33. The second-order valence-electron chi connectivity index (χ2n) is 3.50. The van der Waals surface area contributed by atoms with Crippen LogP contribution in [0.5, 0.6) is 0 Å². The first-order valence-electron chi connectivity index (χ1n) is 4.88. The van der Waals surface area contributed by atoms with E-state index in [4.69, 9.17) is 9.47 Å². The van der Waals surface area contributed by atoms with Gasteiger partial charge in [-0.05, 0) is 41.1 Å². The molecule has 0 radical (unpaired) electrons. The van der Waals surface area contributed by atoms with Gasteiger partial charge in [0.25, 0.3) is 0 Å². The molecule has 82 valence electrons. The molecule has 0 aliphatic carbocycles. The van der Waals surface area contributed by atoms with Gasteiger partial charge in [-0.3, -0.25) is 0 Å². The molecule has 1 saturated heterocycles. The Morgan fingerprint density at radius 1 is 1.33 bits per heavy atom. The monoisotopic (exact) mass is 320 g/mol. The summed E-state index contributed by atoms with van der Waals surface area (Å²) < 4.78 is 12.2. The maximum Gasteiger partial charge on any atom is 0.156 e. The van der Waals surface area contributed by atoms with Gasteiger partial charge in [0, 0.05) is 3.57 Å². The number of benzene rings is 1. The standard InChI is InChI=1S/C11H13IO3/c1-7-14-10(6-13)11(15-7)8-4-2-3-5-9(8)12/h2-5,7,10-11,13H,6H2,1H3/t7?,10-,11-/m1/s1. The van der Waals surface area contributed by atoms with Gasteiger partial charge in [0.05, 0.1) is 6.61 Å². The Balaban J connectivity index is 2.26. The highest BCUT2D eigenvalue weighted by atomic mass is 127. The van der Waals surface area contributed by atoms with Crippen LogP contribution in [0.15, 0.2) is 24.3 Å². The van der Waals surface area contributed by atoms with Crippen LogP contribution in [0.4, 0.5) is 0 Å². The zero-order valence-electron chi connectivity index (χ0n) is 8.39. The lowest BCUT2D eigenvalue weighted by atomic mass is 10.1. The summed E-state index contributed by atoms with van der Waals surface area (Å²) in [5.74, 6) is 0. The summed E-state index contributed by atoms with van der Waals surface area (Å²) in [5.41, 5.74) is 1.08. The van der Waals surface area contributed by atoms with Crippen molar-refractivity contribution in [3.63, 3.8) is 0 Å². The Morgan fingerprint density at radius 2 is 2.07 bits per heavy atom. The Morgan fingerprint density at radius 3 is 2.73 bits per heavy atom. The fourth-order valence-electron chi connectivity index (χ4n) is 1.76. The number of aliphatic hydroxyl groups excluding tert-OH is 1. The summed E-state index contributed by atoms with van der Waals surface area (Å²) in [6.07, 6.45) is -0.655. The normalized spacial score (nSPS) is 30.7. The van der Waals surface area contributed by atoms with Gasteiger partial charge in [0.2, 0.25) is 0 Å². The summed E-state index contributed by atoms with van der Waals surface area (Å²) in [7, 11) is 0. The number of hydrogen-bond acceptors (Lipinski definition) is 3. The zero-order chi connectivity index (χ0) is 10.8. The average molecular weight is 320 g/mol. The van der Waals surface area contributed by atoms with Crippen molar-refractivity contribution in [1.82, 2.24) is 0 Å². The Kier molecular flexibility index (Phi) is 3.60. The van der Waals surface area contributed by atoms with Crippen molar-refractivity contribution in [2.24, 2.45) is 0 Å². The molecule has 0 amide bonds. The van der Waals surface area contributed by atoms with Gasteiger partial charge in [0.1, 0.15) is 12.2 Å². The lowest BCUT2D eigenvalue weighted by molar-refractivity contribution is -0.0564. The van der Waals surface area contributed by atoms with E-state index in [1.807, 2.05) is 31.2 Å². The molecule has 1 aliphatic heterocycles. The van der Waals surface area contributed by atoms with Crippen LogP contribution < -0.4 is 0 Å². The smallest absolute Gasteiger partial charge is 0.156 e. The first-order chi connectivity index (χ1) is 7.22. The molecule has 1 aromatic rings. The van der Waals surface area contributed by atoms with Gasteiger partial charge < -0.3 is 14.6 Å². The molecule has 2 rings (SSSR count). The van der Waals surface area contributed by atoms with Crippen LogP contribution in [-0.4, -0.2) is 24.1 Å². The van der Waals surface area contributed by atoms with E-state index in [2.05, 4.69) is 22.6 Å².